The number of aryl methyl sites for hydroxylation is 2. The first-order chi connectivity index (χ1) is 11.1. The van der Waals surface area contributed by atoms with Crippen LogP contribution >= 0.6 is 11.3 Å². The average Bonchev–Trinajstić information content (AvgIpc) is 2.91. The van der Waals surface area contributed by atoms with E-state index in [1.54, 1.807) is 0 Å². The Kier molecular flexibility index (Phi) is 4.25. The molecule has 0 fully saturated rings. The number of thiazole rings is 1. The molecule has 3 rings (SSSR count). The van der Waals surface area contributed by atoms with Crippen LogP contribution in [0, 0.1) is 13.8 Å². The fraction of sp³-hybridized carbons (Fsp3) is 0.235. The number of nitrogens with zero attached hydrogens (tertiary/aromatic N) is 2. The summed E-state index contributed by atoms with van der Waals surface area (Å²) in [5.74, 6) is -0.380. The highest BCUT2D eigenvalue weighted by atomic mass is 32.1. The van der Waals surface area contributed by atoms with E-state index >= 15 is 0 Å². The summed E-state index contributed by atoms with van der Waals surface area (Å²) in [6.07, 6.45) is 2.08. The van der Waals surface area contributed by atoms with Crippen molar-refractivity contribution in [2.24, 2.45) is 0 Å². The minimum Gasteiger partial charge on any atom is -0.351 e. The van der Waals surface area contributed by atoms with Gasteiger partial charge >= 0.3 is 0 Å². The highest BCUT2D eigenvalue weighted by Crippen LogP contribution is 2.11. The monoisotopic (exact) mass is 327 g/mol. The van der Waals surface area contributed by atoms with E-state index in [1.807, 2.05) is 43.5 Å². The lowest BCUT2D eigenvalue weighted by molar-refractivity contribution is 0.0952. The Bertz CT molecular complexity index is 910. The number of carbonyl (C=O) groups excluding carboxylic acids is 1. The molecule has 6 heteroatoms. The standard InChI is InChI=1S/C17H17N3O2S/c1-11-3-5-13(6-4-11)7-8-18-15(21)14-9-19-17-20(16(14)22)12(2)10-23-17/h3-6,9-10H,7-8H2,1-2H3,(H,18,21). The quantitative estimate of drug-likeness (QED) is 0.800. The van der Waals surface area contributed by atoms with Gasteiger partial charge in [0.05, 0.1) is 0 Å². The van der Waals surface area contributed by atoms with E-state index in [0.717, 1.165) is 17.7 Å². The second-order valence-electron chi connectivity index (χ2n) is 5.46. The smallest absolute Gasteiger partial charge is 0.271 e. The number of fused-ring (bicyclic) bond motifs is 1. The molecule has 0 unspecified atom stereocenters. The Balaban J connectivity index is 1.71. The summed E-state index contributed by atoms with van der Waals surface area (Å²) in [5.41, 5.74) is 2.90. The largest absolute Gasteiger partial charge is 0.351 e. The van der Waals surface area contributed by atoms with Crippen molar-refractivity contribution in [1.82, 2.24) is 14.7 Å². The number of benzene rings is 1. The molecule has 0 aliphatic carbocycles. The van der Waals surface area contributed by atoms with Crippen LogP contribution in [-0.4, -0.2) is 21.8 Å². The summed E-state index contributed by atoms with van der Waals surface area (Å²) in [4.78, 5) is 29.4. The SMILES string of the molecule is Cc1ccc(CCNC(=O)c2cnc3scc(C)n3c2=O)cc1. The molecule has 0 radical (unpaired) electrons. The Labute approximate surface area is 137 Å². The molecule has 1 N–H and O–H groups in total. The van der Waals surface area contributed by atoms with Gasteiger partial charge in [-0.05, 0) is 25.8 Å². The fourth-order valence-corrected chi connectivity index (χ4v) is 3.18. The molecule has 0 bridgehead atoms. The maximum Gasteiger partial charge on any atom is 0.271 e. The molecular formula is C17H17N3O2S. The molecule has 2 aromatic heterocycles. The van der Waals surface area contributed by atoms with Crippen LogP contribution in [0.1, 0.15) is 27.2 Å². The Morgan fingerprint density at radius 2 is 2.00 bits per heavy atom. The first-order valence-electron chi connectivity index (χ1n) is 7.36. The van der Waals surface area contributed by atoms with Gasteiger partial charge in [-0.25, -0.2) is 4.98 Å². The second kappa shape index (κ2) is 6.34. The third kappa shape index (κ3) is 3.17. The zero-order chi connectivity index (χ0) is 16.4. The van der Waals surface area contributed by atoms with Crippen LogP contribution in [-0.2, 0) is 6.42 Å². The fourth-order valence-electron chi connectivity index (χ4n) is 2.35. The molecule has 0 saturated carbocycles. The zero-order valence-electron chi connectivity index (χ0n) is 13.0. The van der Waals surface area contributed by atoms with E-state index in [-0.39, 0.29) is 17.0 Å². The summed E-state index contributed by atoms with van der Waals surface area (Å²) >= 11 is 1.38. The Morgan fingerprint density at radius 1 is 1.26 bits per heavy atom. The highest BCUT2D eigenvalue weighted by molar-refractivity contribution is 7.15. The van der Waals surface area contributed by atoms with Gasteiger partial charge in [-0.1, -0.05) is 29.8 Å². The van der Waals surface area contributed by atoms with Crippen molar-refractivity contribution in [3.05, 3.63) is 68.6 Å². The molecule has 118 valence electrons. The van der Waals surface area contributed by atoms with Crippen molar-refractivity contribution in [1.29, 1.82) is 0 Å². The number of hydrogen-bond donors (Lipinski definition) is 1. The normalized spacial score (nSPS) is 10.9. The highest BCUT2D eigenvalue weighted by Gasteiger charge is 2.14. The topological polar surface area (TPSA) is 63.5 Å². The third-order valence-electron chi connectivity index (χ3n) is 3.68. The maximum absolute atomic E-state index is 12.4. The van der Waals surface area contributed by atoms with Gasteiger partial charge in [-0.15, -0.1) is 11.3 Å². The van der Waals surface area contributed by atoms with Gasteiger partial charge in [0, 0.05) is 23.8 Å². The van der Waals surface area contributed by atoms with Crippen molar-refractivity contribution in [2.75, 3.05) is 6.54 Å². The molecule has 0 saturated heterocycles. The zero-order valence-corrected chi connectivity index (χ0v) is 13.8. The molecule has 2 heterocycles. The number of nitrogens with one attached hydrogen (secondary N) is 1. The van der Waals surface area contributed by atoms with Crippen LogP contribution in [0.4, 0.5) is 0 Å². The number of carbonyl (C=O) groups is 1. The van der Waals surface area contributed by atoms with Gasteiger partial charge in [0.15, 0.2) is 4.96 Å². The average molecular weight is 327 g/mol. The van der Waals surface area contributed by atoms with Gasteiger partial charge in [0.2, 0.25) is 0 Å². The van der Waals surface area contributed by atoms with E-state index in [4.69, 9.17) is 0 Å². The van der Waals surface area contributed by atoms with Crippen LogP contribution in [0.15, 0.2) is 40.6 Å². The van der Waals surface area contributed by atoms with Gasteiger partial charge in [-0.3, -0.25) is 14.0 Å². The summed E-state index contributed by atoms with van der Waals surface area (Å²) < 4.78 is 1.47. The molecule has 3 aromatic rings. The molecule has 0 aliphatic rings. The molecule has 23 heavy (non-hydrogen) atoms. The van der Waals surface area contributed by atoms with Crippen LogP contribution in [0.2, 0.25) is 0 Å². The minimum atomic E-state index is -0.380. The first-order valence-corrected chi connectivity index (χ1v) is 8.24. The third-order valence-corrected chi connectivity index (χ3v) is 4.64. The van der Waals surface area contributed by atoms with Gasteiger partial charge in [0.1, 0.15) is 5.56 Å². The van der Waals surface area contributed by atoms with Crippen molar-refractivity contribution < 1.29 is 4.79 Å². The number of hydrogen-bond acceptors (Lipinski definition) is 4. The number of aromatic nitrogens is 2. The van der Waals surface area contributed by atoms with Crippen molar-refractivity contribution in [3.8, 4) is 0 Å². The van der Waals surface area contributed by atoms with Crippen LogP contribution in [0.25, 0.3) is 4.96 Å². The molecule has 5 nitrogen and oxygen atoms in total. The van der Waals surface area contributed by atoms with Gasteiger partial charge < -0.3 is 5.32 Å². The molecule has 0 atom stereocenters. The van der Waals surface area contributed by atoms with Gasteiger partial charge in [0.25, 0.3) is 11.5 Å². The lowest BCUT2D eigenvalue weighted by Gasteiger charge is -2.06. The Morgan fingerprint density at radius 3 is 2.74 bits per heavy atom. The lowest BCUT2D eigenvalue weighted by Crippen LogP contribution is -2.32. The van der Waals surface area contributed by atoms with Gasteiger partial charge in [-0.2, -0.15) is 0 Å². The van der Waals surface area contributed by atoms with Crippen molar-refractivity contribution in [2.45, 2.75) is 20.3 Å². The van der Waals surface area contributed by atoms with E-state index in [9.17, 15) is 9.59 Å². The maximum atomic E-state index is 12.4. The molecule has 0 aliphatic heterocycles. The Hall–Kier alpha value is -2.47. The van der Waals surface area contributed by atoms with Crippen LogP contribution in [0.5, 0.6) is 0 Å². The van der Waals surface area contributed by atoms with E-state index in [2.05, 4.69) is 10.3 Å². The van der Waals surface area contributed by atoms with E-state index in [1.165, 1.54) is 27.5 Å². The molecular weight excluding hydrogens is 310 g/mol. The second-order valence-corrected chi connectivity index (χ2v) is 6.30. The van der Waals surface area contributed by atoms with E-state index < -0.39 is 0 Å². The molecule has 1 amide bonds. The predicted octanol–water partition coefficient (Wildman–Crippen LogP) is 2.35. The number of amides is 1. The first kappa shape index (κ1) is 15.4. The summed E-state index contributed by atoms with van der Waals surface area (Å²) in [6.45, 7) is 4.34. The summed E-state index contributed by atoms with van der Waals surface area (Å²) in [6, 6.07) is 8.17. The van der Waals surface area contributed by atoms with E-state index in [0.29, 0.717) is 11.5 Å². The summed E-state index contributed by atoms with van der Waals surface area (Å²) in [7, 11) is 0. The lowest BCUT2D eigenvalue weighted by atomic mass is 10.1. The van der Waals surface area contributed by atoms with Crippen molar-refractivity contribution in [3.63, 3.8) is 0 Å². The number of rotatable bonds is 4. The minimum absolute atomic E-state index is 0.0768. The summed E-state index contributed by atoms with van der Waals surface area (Å²) in [5, 5.41) is 4.64. The predicted molar refractivity (Wildman–Crippen MR) is 91.3 cm³/mol. The van der Waals surface area contributed by atoms with Crippen LogP contribution in [0.3, 0.4) is 0 Å². The molecule has 1 aromatic carbocycles. The van der Waals surface area contributed by atoms with Crippen LogP contribution < -0.4 is 10.9 Å². The van der Waals surface area contributed by atoms with Crippen molar-refractivity contribution >= 4 is 22.2 Å². The molecule has 0 spiro atoms.